The average molecular weight is 392 g/mol. The zero-order valence-corrected chi connectivity index (χ0v) is 15.0. The van der Waals surface area contributed by atoms with Crippen LogP contribution in [0.1, 0.15) is 28.9 Å². The molecule has 0 saturated heterocycles. The molecule has 1 N–H and O–H groups in total. The lowest BCUT2D eigenvalue weighted by atomic mass is 10.0. The topological polar surface area (TPSA) is 64.6 Å². The van der Waals surface area contributed by atoms with Crippen molar-refractivity contribution in [1.82, 2.24) is 5.32 Å². The zero-order valence-electron chi connectivity index (χ0n) is 13.4. The summed E-state index contributed by atoms with van der Waals surface area (Å²) in [6.07, 6.45) is 0. The minimum Gasteiger partial charge on any atom is -0.496 e. The van der Waals surface area contributed by atoms with E-state index in [0.29, 0.717) is 16.9 Å². The van der Waals surface area contributed by atoms with Crippen LogP contribution in [0.25, 0.3) is 0 Å². The minimum atomic E-state index is -0.967. The van der Waals surface area contributed by atoms with Gasteiger partial charge >= 0.3 is 5.97 Å². The van der Waals surface area contributed by atoms with Crippen molar-refractivity contribution >= 4 is 27.8 Å². The van der Waals surface area contributed by atoms with E-state index in [4.69, 9.17) is 9.47 Å². The lowest BCUT2D eigenvalue weighted by Crippen LogP contribution is -2.35. The third-order valence-corrected chi connectivity index (χ3v) is 3.83. The second kappa shape index (κ2) is 8.49. The van der Waals surface area contributed by atoms with E-state index in [9.17, 15) is 9.59 Å². The Morgan fingerprint density at radius 2 is 1.88 bits per heavy atom. The molecule has 0 saturated carbocycles. The van der Waals surface area contributed by atoms with E-state index in [1.54, 1.807) is 49.4 Å². The number of benzene rings is 2. The largest absolute Gasteiger partial charge is 0.496 e. The van der Waals surface area contributed by atoms with Crippen molar-refractivity contribution in [1.29, 1.82) is 0 Å². The van der Waals surface area contributed by atoms with Gasteiger partial charge in [-0.3, -0.25) is 4.79 Å². The normalized spacial score (nSPS) is 11.5. The van der Waals surface area contributed by atoms with Gasteiger partial charge in [0, 0.05) is 15.6 Å². The molecule has 0 heterocycles. The lowest BCUT2D eigenvalue weighted by molar-refractivity contribution is -0.145. The van der Waals surface area contributed by atoms with E-state index in [1.165, 1.54) is 7.11 Å². The van der Waals surface area contributed by atoms with Gasteiger partial charge in [-0.05, 0) is 37.3 Å². The number of methoxy groups -OCH3 is 1. The molecule has 0 aliphatic carbocycles. The predicted molar refractivity (Wildman–Crippen MR) is 94.0 cm³/mol. The second-order valence-electron chi connectivity index (χ2n) is 4.91. The maximum Gasteiger partial charge on any atom is 0.333 e. The second-order valence-corrected chi connectivity index (χ2v) is 5.83. The first-order valence-electron chi connectivity index (χ1n) is 7.42. The average Bonchev–Trinajstić information content (AvgIpc) is 2.60. The Labute approximate surface area is 149 Å². The highest BCUT2D eigenvalue weighted by molar-refractivity contribution is 9.10. The molecule has 0 aliphatic rings. The summed E-state index contributed by atoms with van der Waals surface area (Å²) in [5.41, 5.74) is 0.982. The molecular weight excluding hydrogens is 374 g/mol. The zero-order chi connectivity index (χ0) is 17.5. The summed E-state index contributed by atoms with van der Waals surface area (Å²) in [6.45, 7) is 1.93. The Kier molecular flexibility index (Phi) is 6.37. The van der Waals surface area contributed by atoms with Crippen LogP contribution in [0.3, 0.4) is 0 Å². The van der Waals surface area contributed by atoms with Crippen LogP contribution in [0, 0.1) is 0 Å². The molecule has 6 heteroatoms. The van der Waals surface area contributed by atoms with Crippen LogP contribution < -0.4 is 10.1 Å². The summed E-state index contributed by atoms with van der Waals surface area (Å²) < 4.78 is 11.2. The first kappa shape index (κ1) is 18.0. The fourth-order valence-electron chi connectivity index (χ4n) is 2.22. The van der Waals surface area contributed by atoms with E-state index in [2.05, 4.69) is 21.2 Å². The van der Waals surface area contributed by atoms with Gasteiger partial charge < -0.3 is 14.8 Å². The van der Waals surface area contributed by atoms with Gasteiger partial charge in [0.15, 0.2) is 6.04 Å². The summed E-state index contributed by atoms with van der Waals surface area (Å²) in [6, 6.07) is 13.0. The Hall–Kier alpha value is -2.34. The van der Waals surface area contributed by atoms with Gasteiger partial charge in [-0.1, -0.05) is 34.1 Å². The van der Waals surface area contributed by atoms with Gasteiger partial charge in [0.1, 0.15) is 5.75 Å². The lowest BCUT2D eigenvalue weighted by Gasteiger charge is -2.20. The number of amides is 1. The number of hydrogen-bond acceptors (Lipinski definition) is 4. The van der Waals surface area contributed by atoms with Crippen molar-refractivity contribution in [2.45, 2.75) is 13.0 Å². The standard InChI is InChI=1S/C18H18BrNO4/c1-3-24-18(22)16(14-11-13(19)9-10-15(14)23-2)20-17(21)12-7-5-4-6-8-12/h4-11,16H,3H2,1-2H3,(H,20,21). The molecule has 126 valence electrons. The van der Waals surface area contributed by atoms with Crippen molar-refractivity contribution in [2.75, 3.05) is 13.7 Å². The molecule has 2 rings (SSSR count). The molecule has 2 aromatic rings. The Morgan fingerprint density at radius 1 is 1.17 bits per heavy atom. The minimum absolute atomic E-state index is 0.215. The monoisotopic (exact) mass is 391 g/mol. The van der Waals surface area contributed by atoms with Gasteiger partial charge in [-0.2, -0.15) is 0 Å². The number of ether oxygens (including phenoxy) is 2. The van der Waals surface area contributed by atoms with Gasteiger partial charge in [0.05, 0.1) is 13.7 Å². The molecule has 24 heavy (non-hydrogen) atoms. The first-order valence-corrected chi connectivity index (χ1v) is 8.22. The van der Waals surface area contributed by atoms with Gasteiger partial charge in [0.2, 0.25) is 0 Å². The van der Waals surface area contributed by atoms with Gasteiger partial charge in [0.25, 0.3) is 5.91 Å². The fourth-order valence-corrected chi connectivity index (χ4v) is 2.60. The number of nitrogens with one attached hydrogen (secondary N) is 1. The van der Waals surface area contributed by atoms with Crippen LogP contribution in [0.5, 0.6) is 5.75 Å². The van der Waals surface area contributed by atoms with Crippen LogP contribution in [0.15, 0.2) is 53.0 Å². The van der Waals surface area contributed by atoms with E-state index in [0.717, 1.165) is 4.47 Å². The van der Waals surface area contributed by atoms with Crippen molar-refractivity contribution in [2.24, 2.45) is 0 Å². The maximum atomic E-state index is 12.5. The van der Waals surface area contributed by atoms with E-state index >= 15 is 0 Å². The van der Waals surface area contributed by atoms with E-state index in [-0.39, 0.29) is 12.5 Å². The molecule has 5 nitrogen and oxygen atoms in total. The molecule has 0 fully saturated rings. The highest BCUT2D eigenvalue weighted by atomic mass is 79.9. The van der Waals surface area contributed by atoms with Crippen LogP contribution >= 0.6 is 15.9 Å². The third kappa shape index (κ3) is 4.35. The Balaban J connectivity index is 2.37. The summed E-state index contributed by atoms with van der Waals surface area (Å²) in [7, 11) is 1.51. The predicted octanol–water partition coefficient (Wildman–Crippen LogP) is 3.49. The molecule has 1 atom stereocenters. The quantitative estimate of drug-likeness (QED) is 0.765. The van der Waals surface area contributed by atoms with Crippen LogP contribution in [0.4, 0.5) is 0 Å². The van der Waals surface area contributed by atoms with Crippen LogP contribution in [-0.4, -0.2) is 25.6 Å². The SMILES string of the molecule is CCOC(=O)C(NC(=O)c1ccccc1)c1cc(Br)ccc1OC. The molecule has 0 spiro atoms. The van der Waals surface area contributed by atoms with Crippen LogP contribution in [-0.2, 0) is 9.53 Å². The molecule has 1 amide bonds. The Morgan fingerprint density at radius 3 is 2.50 bits per heavy atom. The molecule has 0 aliphatic heterocycles. The number of carbonyl (C=O) groups is 2. The Bertz CT molecular complexity index is 718. The van der Waals surface area contributed by atoms with Crippen molar-refractivity contribution in [3.8, 4) is 5.75 Å². The van der Waals surface area contributed by atoms with Crippen molar-refractivity contribution in [3.05, 3.63) is 64.1 Å². The fraction of sp³-hybridized carbons (Fsp3) is 0.222. The van der Waals surface area contributed by atoms with Crippen molar-refractivity contribution in [3.63, 3.8) is 0 Å². The summed E-state index contributed by atoms with van der Waals surface area (Å²) in [5.74, 6) is -0.418. The highest BCUT2D eigenvalue weighted by Crippen LogP contribution is 2.29. The molecule has 0 bridgehead atoms. The number of rotatable bonds is 6. The number of carbonyl (C=O) groups excluding carboxylic acids is 2. The number of esters is 1. The number of halogens is 1. The van der Waals surface area contributed by atoms with E-state index in [1.807, 2.05) is 6.07 Å². The molecule has 2 aromatic carbocycles. The summed E-state index contributed by atoms with van der Waals surface area (Å²) >= 11 is 3.37. The summed E-state index contributed by atoms with van der Waals surface area (Å²) in [4.78, 5) is 24.8. The van der Waals surface area contributed by atoms with Gasteiger partial charge in [-0.25, -0.2) is 4.79 Å². The molecule has 0 radical (unpaired) electrons. The van der Waals surface area contributed by atoms with Crippen molar-refractivity contribution < 1.29 is 19.1 Å². The van der Waals surface area contributed by atoms with Crippen LogP contribution in [0.2, 0.25) is 0 Å². The van der Waals surface area contributed by atoms with E-state index < -0.39 is 12.0 Å². The summed E-state index contributed by atoms with van der Waals surface area (Å²) in [5, 5.41) is 2.72. The molecule has 1 unspecified atom stereocenters. The smallest absolute Gasteiger partial charge is 0.333 e. The first-order chi connectivity index (χ1) is 11.6. The molecular formula is C18H18BrNO4. The third-order valence-electron chi connectivity index (χ3n) is 3.34. The maximum absolute atomic E-state index is 12.5. The highest BCUT2D eigenvalue weighted by Gasteiger charge is 2.27. The van der Waals surface area contributed by atoms with Gasteiger partial charge in [-0.15, -0.1) is 0 Å². The number of hydrogen-bond donors (Lipinski definition) is 1. The molecule has 0 aromatic heterocycles.